The molecule has 0 aliphatic rings. The summed E-state index contributed by atoms with van der Waals surface area (Å²) in [5, 5.41) is 0. The van der Waals surface area contributed by atoms with Gasteiger partial charge in [-0.3, -0.25) is 4.79 Å². The molecule has 0 aliphatic carbocycles. The summed E-state index contributed by atoms with van der Waals surface area (Å²) in [6, 6.07) is 3.57. The molecule has 0 saturated heterocycles. The molecular weight excluding hydrogens is 308 g/mol. The Kier molecular flexibility index (Phi) is 3.05. The maximum atomic E-state index is 13.8. The van der Waals surface area contributed by atoms with Gasteiger partial charge in [0.05, 0.1) is 17.4 Å². The Morgan fingerprint density at radius 3 is 2.62 bits per heavy atom. The predicted molar refractivity (Wildman–Crippen MR) is 70.6 cm³/mol. The number of fused-ring (bicyclic) bond motifs is 1. The normalized spacial score (nSPS) is 12.0. The Morgan fingerprint density at radius 1 is 1.19 bits per heavy atom. The number of alkyl halides is 3. The van der Waals surface area contributed by atoms with Crippen molar-refractivity contribution >= 4 is 21.6 Å². The molecule has 2 heterocycles. The zero-order chi connectivity index (χ0) is 15.2. The van der Waals surface area contributed by atoms with Gasteiger partial charge >= 0.3 is 6.18 Å². The second-order valence-corrected chi connectivity index (χ2v) is 5.30. The molecule has 0 amide bonds. The first-order valence-electron chi connectivity index (χ1n) is 5.70. The van der Waals surface area contributed by atoms with E-state index >= 15 is 0 Å². The average molecular weight is 314 g/mol. The molecule has 21 heavy (non-hydrogen) atoms. The Bertz CT molecular complexity index is 882. The van der Waals surface area contributed by atoms with E-state index in [9.17, 15) is 22.4 Å². The molecule has 0 fully saturated rings. The third kappa shape index (κ3) is 2.42. The first kappa shape index (κ1) is 13.7. The van der Waals surface area contributed by atoms with Crippen LogP contribution < -0.4 is 5.56 Å². The molecule has 0 saturated carbocycles. The van der Waals surface area contributed by atoms with Crippen LogP contribution in [-0.2, 0) is 6.18 Å². The number of aromatic amines is 1. The van der Waals surface area contributed by atoms with E-state index in [1.54, 1.807) is 0 Å². The van der Waals surface area contributed by atoms with Crippen molar-refractivity contribution in [1.82, 2.24) is 9.97 Å². The van der Waals surface area contributed by atoms with Crippen molar-refractivity contribution in [3.63, 3.8) is 0 Å². The second-order valence-electron chi connectivity index (χ2n) is 4.25. The molecule has 0 bridgehead atoms. The van der Waals surface area contributed by atoms with Gasteiger partial charge in [-0.15, -0.1) is 11.3 Å². The van der Waals surface area contributed by atoms with Crippen LogP contribution in [0, 0.1) is 5.82 Å². The van der Waals surface area contributed by atoms with E-state index in [4.69, 9.17) is 0 Å². The van der Waals surface area contributed by atoms with Gasteiger partial charge in [-0.1, -0.05) is 0 Å². The molecule has 0 aliphatic heterocycles. The Balaban J connectivity index is 2.22. The predicted octanol–water partition coefficient (Wildman–Crippen LogP) is 3.81. The number of nitrogens with zero attached hydrogens (tertiary/aromatic N) is 1. The van der Waals surface area contributed by atoms with E-state index in [1.807, 2.05) is 0 Å². The minimum atomic E-state index is -4.56. The lowest BCUT2D eigenvalue weighted by molar-refractivity contribution is -0.137. The standard InChI is InChI=1S/C13H6F4N2OS/c14-8-2-1-6(13(15,16)17)3-7(8)10-4-9-11(21-10)12(20)19-5-18-9/h1-5H,(H,18,19,20). The van der Waals surface area contributed by atoms with E-state index in [1.165, 1.54) is 12.4 Å². The highest BCUT2D eigenvalue weighted by atomic mass is 32.1. The molecule has 0 radical (unpaired) electrons. The highest BCUT2D eigenvalue weighted by Crippen LogP contribution is 2.36. The fourth-order valence-electron chi connectivity index (χ4n) is 1.89. The molecular formula is C13H6F4N2OS. The Morgan fingerprint density at radius 2 is 1.95 bits per heavy atom. The molecule has 2 aromatic heterocycles. The van der Waals surface area contributed by atoms with Crippen LogP contribution in [0.5, 0.6) is 0 Å². The monoisotopic (exact) mass is 314 g/mol. The molecule has 8 heteroatoms. The van der Waals surface area contributed by atoms with Crippen molar-refractivity contribution in [2.75, 3.05) is 0 Å². The van der Waals surface area contributed by atoms with Gasteiger partial charge in [0.1, 0.15) is 10.5 Å². The van der Waals surface area contributed by atoms with E-state index in [2.05, 4.69) is 9.97 Å². The third-order valence-corrected chi connectivity index (χ3v) is 4.03. The fourth-order valence-corrected chi connectivity index (χ4v) is 2.91. The number of benzene rings is 1. The summed E-state index contributed by atoms with van der Waals surface area (Å²) in [7, 11) is 0. The molecule has 3 nitrogen and oxygen atoms in total. The third-order valence-electron chi connectivity index (χ3n) is 2.88. The van der Waals surface area contributed by atoms with Crippen LogP contribution in [0.4, 0.5) is 17.6 Å². The topological polar surface area (TPSA) is 45.8 Å². The van der Waals surface area contributed by atoms with E-state index in [-0.39, 0.29) is 15.1 Å². The van der Waals surface area contributed by atoms with Crippen molar-refractivity contribution in [1.29, 1.82) is 0 Å². The lowest BCUT2D eigenvalue weighted by atomic mass is 10.1. The second kappa shape index (κ2) is 4.66. The van der Waals surface area contributed by atoms with Gasteiger partial charge in [-0.05, 0) is 24.3 Å². The van der Waals surface area contributed by atoms with Gasteiger partial charge in [-0.2, -0.15) is 13.2 Å². The molecule has 3 aromatic rings. The van der Waals surface area contributed by atoms with Crippen molar-refractivity contribution in [2.24, 2.45) is 0 Å². The van der Waals surface area contributed by atoms with E-state index < -0.39 is 23.1 Å². The zero-order valence-electron chi connectivity index (χ0n) is 10.2. The summed E-state index contributed by atoms with van der Waals surface area (Å²) in [5.74, 6) is -0.786. The Hall–Kier alpha value is -2.22. The van der Waals surface area contributed by atoms with Crippen molar-refractivity contribution in [2.45, 2.75) is 6.18 Å². The number of H-pyrrole nitrogens is 1. The summed E-state index contributed by atoms with van der Waals surface area (Å²) in [4.78, 5) is 18.1. The zero-order valence-corrected chi connectivity index (χ0v) is 11.0. The number of hydrogen-bond donors (Lipinski definition) is 1. The van der Waals surface area contributed by atoms with Crippen LogP contribution in [0.1, 0.15) is 5.56 Å². The van der Waals surface area contributed by atoms with Crippen LogP contribution in [-0.4, -0.2) is 9.97 Å². The largest absolute Gasteiger partial charge is 0.416 e. The highest BCUT2D eigenvalue weighted by Gasteiger charge is 2.31. The summed E-state index contributed by atoms with van der Waals surface area (Å²) >= 11 is 0.897. The SMILES string of the molecule is O=c1[nH]cnc2cc(-c3cc(C(F)(F)F)ccc3F)sc12. The maximum Gasteiger partial charge on any atom is 0.416 e. The summed E-state index contributed by atoms with van der Waals surface area (Å²) in [6.07, 6.45) is -3.38. The number of nitrogens with one attached hydrogen (secondary N) is 1. The minimum absolute atomic E-state index is 0.202. The van der Waals surface area contributed by atoms with E-state index in [0.29, 0.717) is 11.6 Å². The summed E-state index contributed by atoms with van der Waals surface area (Å²) in [6.45, 7) is 0. The van der Waals surface area contributed by atoms with Crippen LogP contribution in [0.15, 0.2) is 35.4 Å². The maximum absolute atomic E-state index is 13.8. The molecule has 108 valence electrons. The molecule has 1 N–H and O–H groups in total. The minimum Gasteiger partial charge on any atom is -0.312 e. The van der Waals surface area contributed by atoms with Crippen LogP contribution in [0.2, 0.25) is 0 Å². The number of aromatic nitrogens is 2. The molecule has 3 rings (SSSR count). The summed E-state index contributed by atoms with van der Waals surface area (Å²) in [5.41, 5.74) is -1.25. The van der Waals surface area contributed by atoms with Crippen LogP contribution >= 0.6 is 11.3 Å². The van der Waals surface area contributed by atoms with Gasteiger partial charge in [0.2, 0.25) is 0 Å². The van der Waals surface area contributed by atoms with Gasteiger partial charge in [0.25, 0.3) is 5.56 Å². The quantitative estimate of drug-likeness (QED) is 0.694. The lowest BCUT2D eigenvalue weighted by Crippen LogP contribution is -2.05. The average Bonchev–Trinajstić information content (AvgIpc) is 2.83. The smallest absolute Gasteiger partial charge is 0.312 e. The lowest BCUT2D eigenvalue weighted by Gasteiger charge is -2.08. The van der Waals surface area contributed by atoms with Crippen molar-refractivity contribution < 1.29 is 17.6 Å². The number of halogens is 4. The Labute approximate surface area is 118 Å². The van der Waals surface area contributed by atoms with Crippen LogP contribution in [0.25, 0.3) is 20.7 Å². The van der Waals surface area contributed by atoms with Crippen molar-refractivity contribution in [3.8, 4) is 10.4 Å². The van der Waals surface area contributed by atoms with E-state index in [0.717, 1.165) is 23.5 Å². The van der Waals surface area contributed by atoms with Gasteiger partial charge in [0.15, 0.2) is 0 Å². The first-order chi connectivity index (χ1) is 9.86. The number of hydrogen-bond acceptors (Lipinski definition) is 3. The number of thiophene rings is 1. The molecule has 0 atom stereocenters. The van der Waals surface area contributed by atoms with Gasteiger partial charge in [0, 0.05) is 10.4 Å². The van der Waals surface area contributed by atoms with Crippen molar-refractivity contribution in [3.05, 3.63) is 52.3 Å². The molecule has 0 unspecified atom stereocenters. The van der Waals surface area contributed by atoms with Gasteiger partial charge in [-0.25, -0.2) is 9.37 Å². The van der Waals surface area contributed by atoms with Crippen LogP contribution in [0.3, 0.4) is 0 Å². The fraction of sp³-hybridized carbons (Fsp3) is 0.0769. The molecule has 0 spiro atoms. The van der Waals surface area contributed by atoms with Gasteiger partial charge < -0.3 is 4.98 Å². The number of rotatable bonds is 1. The summed E-state index contributed by atoms with van der Waals surface area (Å²) < 4.78 is 52.1. The highest BCUT2D eigenvalue weighted by molar-refractivity contribution is 7.22. The molecule has 1 aromatic carbocycles. The first-order valence-corrected chi connectivity index (χ1v) is 6.52.